The highest BCUT2D eigenvalue weighted by Gasteiger charge is 1.97. The van der Waals surface area contributed by atoms with Crippen molar-refractivity contribution < 1.29 is 5.11 Å². The van der Waals surface area contributed by atoms with E-state index in [0.717, 1.165) is 5.69 Å². The topological polar surface area (TPSA) is 38.0 Å². The van der Waals surface area contributed by atoms with Crippen LogP contribution in [-0.2, 0) is 0 Å². The minimum absolute atomic E-state index is 0.515. The molecule has 1 N–H and O–H groups in total. The van der Waals surface area contributed by atoms with Gasteiger partial charge in [0.05, 0.1) is 5.69 Å². The van der Waals surface area contributed by atoms with E-state index in [1.165, 1.54) is 4.68 Å². The molecule has 0 aliphatic heterocycles. The number of aliphatic hydroxyl groups excluding tert-OH is 1. The van der Waals surface area contributed by atoms with Crippen molar-refractivity contribution in [2.75, 3.05) is 0 Å². The standard InChI is InChI=1S/C6H10N2O/c1-5-3-4-8(7-5)6(2)9/h3-4,6,9H,1-2H3. The first-order chi connectivity index (χ1) is 4.20. The molecule has 1 atom stereocenters. The fourth-order valence-corrected chi connectivity index (χ4v) is 0.641. The Morgan fingerprint density at radius 1 is 1.78 bits per heavy atom. The van der Waals surface area contributed by atoms with E-state index < -0.39 is 6.23 Å². The van der Waals surface area contributed by atoms with Gasteiger partial charge in [0.2, 0.25) is 0 Å². The smallest absolute Gasteiger partial charge is 0.144 e. The minimum atomic E-state index is -0.515. The maximum absolute atomic E-state index is 8.94. The van der Waals surface area contributed by atoms with E-state index >= 15 is 0 Å². The Morgan fingerprint density at radius 3 is 2.67 bits per heavy atom. The van der Waals surface area contributed by atoms with Gasteiger partial charge in [0.1, 0.15) is 6.23 Å². The van der Waals surface area contributed by atoms with Crippen molar-refractivity contribution in [3.63, 3.8) is 0 Å². The fraction of sp³-hybridized carbons (Fsp3) is 0.500. The summed E-state index contributed by atoms with van der Waals surface area (Å²) in [6.45, 7) is 3.56. The van der Waals surface area contributed by atoms with Gasteiger partial charge in [0.25, 0.3) is 0 Å². The Bertz CT molecular complexity index is 193. The number of aliphatic hydroxyl groups is 1. The van der Waals surface area contributed by atoms with Gasteiger partial charge in [-0.3, -0.25) is 0 Å². The predicted molar refractivity (Wildman–Crippen MR) is 33.9 cm³/mol. The molecule has 3 nitrogen and oxygen atoms in total. The summed E-state index contributed by atoms with van der Waals surface area (Å²) in [6, 6.07) is 1.85. The lowest BCUT2D eigenvalue weighted by atomic mass is 10.5. The summed E-state index contributed by atoms with van der Waals surface area (Å²) < 4.78 is 1.51. The van der Waals surface area contributed by atoms with Gasteiger partial charge in [-0.1, -0.05) is 0 Å². The molecule has 1 rings (SSSR count). The van der Waals surface area contributed by atoms with Crippen LogP contribution in [-0.4, -0.2) is 14.9 Å². The molecule has 1 heterocycles. The van der Waals surface area contributed by atoms with Gasteiger partial charge in [0.15, 0.2) is 0 Å². The van der Waals surface area contributed by atoms with Crippen LogP contribution in [0, 0.1) is 6.92 Å². The number of aromatic nitrogens is 2. The molecule has 0 bridgehead atoms. The molecule has 0 fully saturated rings. The van der Waals surface area contributed by atoms with E-state index in [1.807, 2.05) is 13.0 Å². The third kappa shape index (κ3) is 1.29. The van der Waals surface area contributed by atoms with Crippen LogP contribution < -0.4 is 0 Å². The van der Waals surface area contributed by atoms with Crippen LogP contribution in [0.2, 0.25) is 0 Å². The second kappa shape index (κ2) is 2.19. The summed E-state index contributed by atoms with van der Waals surface area (Å²) in [7, 11) is 0. The van der Waals surface area contributed by atoms with Crippen LogP contribution in [0.15, 0.2) is 12.3 Å². The lowest BCUT2D eigenvalue weighted by Gasteiger charge is -2.01. The number of hydrogen-bond donors (Lipinski definition) is 1. The van der Waals surface area contributed by atoms with Gasteiger partial charge in [-0.25, -0.2) is 4.68 Å². The van der Waals surface area contributed by atoms with E-state index in [-0.39, 0.29) is 0 Å². The molecule has 1 aromatic rings. The number of rotatable bonds is 1. The Labute approximate surface area is 53.9 Å². The quantitative estimate of drug-likeness (QED) is 0.601. The Hall–Kier alpha value is -0.830. The SMILES string of the molecule is Cc1ccn(C(C)O)n1. The predicted octanol–water partition coefficient (Wildman–Crippen LogP) is 0.702. The Balaban J connectivity index is 2.85. The zero-order chi connectivity index (χ0) is 6.85. The van der Waals surface area contributed by atoms with Gasteiger partial charge in [-0.05, 0) is 19.9 Å². The van der Waals surface area contributed by atoms with Gasteiger partial charge in [-0.15, -0.1) is 0 Å². The van der Waals surface area contributed by atoms with Crippen molar-refractivity contribution in [1.29, 1.82) is 0 Å². The molecule has 1 unspecified atom stereocenters. The van der Waals surface area contributed by atoms with Gasteiger partial charge < -0.3 is 5.11 Å². The highest BCUT2D eigenvalue weighted by molar-refractivity contribution is 4.94. The molecule has 0 radical (unpaired) electrons. The van der Waals surface area contributed by atoms with Crippen molar-refractivity contribution in [3.05, 3.63) is 18.0 Å². The van der Waals surface area contributed by atoms with Crippen LogP contribution in [0.5, 0.6) is 0 Å². The van der Waals surface area contributed by atoms with Crippen LogP contribution in [0.1, 0.15) is 18.8 Å². The zero-order valence-corrected chi connectivity index (χ0v) is 5.57. The Morgan fingerprint density at radius 2 is 2.44 bits per heavy atom. The average Bonchev–Trinajstić information content (AvgIpc) is 2.14. The molecular formula is C6H10N2O. The molecule has 0 saturated heterocycles. The number of nitrogens with zero attached hydrogens (tertiary/aromatic N) is 2. The van der Waals surface area contributed by atoms with E-state index in [1.54, 1.807) is 13.1 Å². The molecule has 50 valence electrons. The van der Waals surface area contributed by atoms with Crippen molar-refractivity contribution in [1.82, 2.24) is 9.78 Å². The van der Waals surface area contributed by atoms with Gasteiger partial charge in [-0.2, -0.15) is 5.10 Å². The first-order valence-corrected chi connectivity index (χ1v) is 2.90. The molecular weight excluding hydrogens is 116 g/mol. The average molecular weight is 126 g/mol. The Kier molecular flexibility index (Phi) is 1.53. The molecule has 1 aromatic heterocycles. The highest BCUT2D eigenvalue weighted by Crippen LogP contribution is 1.99. The molecule has 0 saturated carbocycles. The van der Waals surface area contributed by atoms with Crippen LogP contribution in [0.25, 0.3) is 0 Å². The second-order valence-electron chi connectivity index (χ2n) is 2.07. The lowest BCUT2D eigenvalue weighted by molar-refractivity contribution is 0.110. The number of aryl methyl sites for hydroxylation is 1. The van der Waals surface area contributed by atoms with Crippen LogP contribution in [0.4, 0.5) is 0 Å². The monoisotopic (exact) mass is 126 g/mol. The number of hydrogen-bond acceptors (Lipinski definition) is 2. The summed E-state index contributed by atoms with van der Waals surface area (Å²) >= 11 is 0. The van der Waals surface area contributed by atoms with E-state index in [2.05, 4.69) is 5.10 Å². The first-order valence-electron chi connectivity index (χ1n) is 2.90. The summed E-state index contributed by atoms with van der Waals surface area (Å²) in [5.41, 5.74) is 0.927. The molecule has 0 aliphatic rings. The van der Waals surface area contributed by atoms with Crippen molar-refractivity contribution in [2.45, 2.75) is 20.1 Å². The second-order valence-corrected chi connectivity index (χ2v) is 2.07. The van der Waals surface area contributed by atoms with E-state index in [0.29, 0.717) is 0 Å². The van der Waals surface area contributed by atoms with Crippen molar-refractivity contribution in [2.24, 2.45) is 0 Å². The maximum atomic E-state index is 8.94. The fourth-order valence-electron chi connectivity index (χ4n) is 0.641. The van der Waals surface area contributed by atoms with Crippen LogP contribution in [0.3, 0.4) is 0 Å². The molecule has 0 aromatic carbocycles. The van der Waals surface area contributed by atoms with E-state index in [4.69, 9.17) is 5.11 Å². The summed E-state index contributed by atoms with van der Waals surface area (Å²) in [5.74, 6) is 0. The van der Waals surface area contributed by atoms with E-state index in [9.17, 15) is 0 Å². The van der Waals surface area contributed by atoms with Crippen molar-refractivity contribution in [3.8, 4) is 0 Å². The maximum Gasteiger partial charge on any atom is 0.144 e. The van der Waals surface area contributed by atoms with Gasteiger partial charge >= 0.3 is 0 Å². The van der Waals surface area contributed by atoms with Crippen molar-refractivity contribution >= 4 is 0 Å². The van der Waals surface area contributed by atoms with Gasteiger partial charge in [0, 0.05) is 6.20 Å². The molecule has 0 spiro atoms. The molecule has 9 heavy (non-hydrogen) atoms. The summed E-state index contributed by atoms with van der Waals surface area (Å²) in [6.07, 6.45) is 1.23. The van der Waals surface area contributed by atoms with Crippen LogP contribution >= 0.6 is 0 Å². The lowest BCUT2D eigenvalue weighted by Crippen LogP contribution is -2.03. The summed E-state index contributed by atoms with van der Waals surface area (Å²) in [5, 5.41) is 12.9. The first kappa shape index (κ1) is 6.29. The summed E-state index contributed by atoms with van der Waals surface area (Å²) in [4.78, 5) is 0. The molecule has 0 aliphatic carbocycles. The highest BCUT2D eigenvalue weighted by atomic mass is 16.3. The zero-order valence-electron chi connectivity index (χ0n) is 5.57. The molecule has 3 heteroatoms. The third-order valence-corrected chi connectivity index (χ3v) is 1.12. The molecule has 0 amide bonds. The largest absolute Gasteiger partial charge is 0.372 e. The normalized spacial score (nSPS) is 13.7. The minimum Gasteiger partial charge on any atom is -0.372 e. The third-order valence-electron chi connectivity index (χ3n) is 1.12.